The summed E-state index contributed by atoms with van der Waals surface area (Å²) in [6.07, 6.45) is 0. The van der Waals surface area contributed by atoms with Gasteiger partial charge in [0.15, 0.2) is 0 Å². The molecule has 0 bridgehead atoms. The standard InChI is InChI=1S/C23H15ClN2O4S/c24-18-8-4-5-9-19(18)25-22(27)20(16-10-12-17(13-11-16)26(29)30)21(23(25)28)31-14-15-6-2-1-3-7-15/h1-13H,14H2. The van der Waals surface area contributed by atoms with Crippen LogP contribution in [0.25, 0.3) is 5.57 Å². The van der Waals surface area contributed by atoms with Gasteiger partial charge in [0, 0.05) is 17.9 Å². The minimum atomic E-state index is -0.513. The summed E-state index contributed by atoms with van der Waals surface area (Å²) >= 11 is 7.52. The van der Waals surface area contributed by atoms with E-state index in [1.54, 1.807) is 24.3 Å². The molecule has 0 atom stereocenters. The molecular weight excluding hydrogens is 436 g/mol. The normalized spacial score (nSPS) is 13.8. The van der Waals surface area contributed by atoms with Gasteiger partial charge in [-0.2, -0.15) is 0 Å². The van der Waals surface area contributed by atoms with Crippen LogP contribution in [-0.2, 0) is 15.3 Å². The number of amides is 2. The number of nitro benzene ring substituents is 1. The van der Waals surface area contributed by atoms with Crippen molar-refractivity contribution in [3.63, 3.8) is 0 Å². The number of carbonyl (C=O) groups excluding carboxylic acids is 2. The Balaban J connectivity index is 1.76. The Morgan fingerprint density at radius 1 is 0.871 bits per heavy atom. The lowest BCUT2D eigenvalue weighted by atomic mass is 10.1. The number of thioether (sulfide) groups is 1. The minimum absolute atomic E-state index is 0.0948. The number of hydrogen-bond donors (Lipinski definition) is 0. The van der Waals surface area contributed by atoms with Crippen molar-refractivity contribution in [1.29, 1.82) is 0 Å². The zero-order valence-electron chi connectivity index (χ0n) is 16.0. The fourth-order valence-electron chi connectivity index (χ4n) is 3.23. The Labute approximate surface area is 187 Å². The smallest absolute Gasteiger partial charge is 0.268 e. The third-order valence-corrected chi connectivity index (χ3v) is 6.19. The van der Waals surface area contributed by atoms with E-state index in [0.29, 0.717) is 17.0 Å². The van der Waals surface area contributed by atoms with E-state index in [9.17, 15) is 19.7 Å². The molecule has 0 unspecified atom stereocenters. The molecule has 0 saturated heterocycles. The quantitative estimate of drug-likeness (QED) is 0.283. The molecule has 0 fully saturated rings. The minimum Gasteiger partial charge on any atom is -0.268 e. The first-order chi connectivity index (χ1) is 15.0. The number of carbonyl (C=O) groups is 2. The van der Waals surface area contributed by atoms with Crippen LogP contribution in [0.1, 0.15) is 11.1 Å². The van der Waals surface area contributed by atoms with Crippen molar-refractivity contribution in [3.8, 4) is 0 Å². The SMILES string of the molecule is O=C1C(SCc2ccccc2)=C(c2ccc([N+](=O)[O-])cc2)C(=O)N1c1ccccc1Cl. The predicted molar refractivity (Wildman–Crippen MR) is 122 cm³/mol. The average Bonchev–Trinajstić information content (AvgIpc) is 3.03. The molecule has 154 valence electrons. The number of para-hydroxylation sites is 1. The van der Waals surface area contributed by atoms with Gasteiger partial charge in [-0.05, 0) is 35.4 Å². The summed E-state index contributed by atoms with van der Waals surface area (Å²) in [7, 11) is 0. The Morgan fingerprint density at radius 2 is 1.52 bits per heavy atom. The average molecular weight is 451 g/mol. The zero-order chi connectivity index (χ0) is 22.0. The molecule has 3 aromatic rings. The van der Waals surface area contributed by atoms with Gasteiger partial charge >= 0.3 is 0 Å². The Kier molecular flexibility index (Phi) is 5.88. The summed E-state index contributed by atoms with van der Waals surface area (Å²) in [5, 5.41) is 11.3. The van der Waals surface area contributed by atoms with Crippen LogP contribution in [0.5, 0.6) is 0 Å². The Hall–Kier alpha value is -3.42. The van der Waals surface area contributed by atoms with Gasteiger partial charge < -0.3 is 0 Å². The van der Waals surface area contributed by atoms with Crippen LogP contribution in [0.15, 0.2) is 83.8 Å². The predicted octanol–water partition coefficient (Wildman–Crippen LogP) is 5.47. The number of imide groups is 1. The highest BCUT2D eigenvalue weighted by molar-refractivity contribution is 8.03. The summed E-state index contributed by atoms with van der Waals surface area (Å²) in [6, 6.07) is 21.8. The monoisotopic (exact) mass is 450 g/mol. The van der Waals surface area contributed by atoms with E-state index < -0.39 is 16.7 Å². The second-order valence-electron chi connectivity index (χ2n) is 6.68. The van der Waals surface area contributed by atoms with E-state index in [4.69, 9.17) is 11.6 Å². The molecule has 0 spiro atoms. The van der Waals surface area contributed by atoms with Gasteiger partial charge in [0.2, 0.25) is 0 Å². The molecule has 0 aliphatic carbocycles. The van der Waals surface area contributed by atoms with E-state index in [1.165, 1.54) is 36.0 Å². The molecule has 0 N–H and O–H groups in total. The number of rotatable bonds is 6. The lowest BCUT2D eigenvalue weighted by Crippen LogP contribution is -2.31. The van der Waals surface area contributed by atoms with Gasteiger partial charge in [-0.15, -0.1) is 11.8 Å². The molecule has 3 aromatic carbocycles. The van der Waals surface area contributed by atoms with Crippen LogP contribution >= 0.6 is 23.4 Å². The number of nitro groups is 1. The van der Waals surface area contributed by atoms with Gasteiger partial charge in [-0.1, -0.05) is 54.1 Å². The van der Waals surface area contributed by atoms with E-state index in [1.807, 2.05) is 30.3 Å². The van der Waals surface area contributed by atoms with E-state index >= 15 is 0 Å². The molecule has 31 heavy (non-hydrogen) atoms. The number of anilines is 1. The van der Waals surface area contributed by atoms with E-state index in [2.05, 4.69) is 0 Å². The topological polar surface area (TPSA) is 80.5 Å². The second kappa shape index (κ2) is 8.75. The number of non-ortho nitro benzene ring substituents is 1. The zero-order valence-corrected chi connectivity index (χ0v) is 17.6. The van der Waals surface area contributed by atoms with Crippen LogP contribution in [0.3, 0.4) is 0 Å². The van der Waals surface area contributed by atoms with E-state index in [-0.39, 0.29) is 21.2 Å². The van der Waals surface area contributed by atoms with Gasteiger partial charge in [-0.25, -0.2) is 4.90 Å². The summed E-state index contributed by atoms with van der Waals surface area (Å²) < 4.78 is 0. The van der Waals surface area contributed by atoms with Crippen molar-refractivity contribution >= 4 is 52.1 Å². The number of benzene rings is 3. The first-order valence-electron chi connectivity index (χ1n) is 9.26. The summed E-state index contributed by atoms with van der Waals surface area (Å²) in [5.41, 5.74) is 1.85. The van der Waals surface area contributed by atoms with Crippen molar-refractivity contribution in [2.24, 2.45) is 0 Å². The summed E-state index contributed by atoms with van der Waals surface area (Å²) in [5.74, 6) is -0.489. The van der Waals surface area contributed by atoms with Gasteiger partial charge in [-0.3, -0.25) is 19.7 Å². The number of nitrogens with zero attached hydrogens (tertiary/aromatic N) is 2. The van der Waals surface area contributed by atoms with Gasteiger partial charge in [0.1, 0.15) is 0 Å². The van der Waals surface area contributed by atoms with Crippen LogP contribution in [-0.4, -0.2) is 16.7 Å². The van der Waals surface area contributed by atoms with Gasteiger partial charge in [0.05, 0.1) is 26.1 Å². The molecule has 0 radical (unpaired) electrons. The maximum absolute atomic E-state index is 13.4. The van der Waals surface area contributed by atoms with Crippen molar-refractivity contribution < 1.29 is 14.5 Å². The molecule has 0 aromatic heterocycles. The molecule has 1 aliphatic heterocycles. The number of halogens is 1. The maximum atomic E-state index is 13.4. The largest absolute Gasteiger partial charge is 0.272 e. The molecule has 0 saturated carbocycles. The first kappa shape index (κ1) is 20.8. The molecule has 2 amide bonds. The third-order valence-electron chi connectivity index (χ3n) is 4.73. The fourth-order valence-corrected chi connectivity index (χ4v) is 4.52. The second-order valence-corrected chi connectivity index (χ2v) is 8.07. The van der Waals surface area contributed by atoms with Crippen molar-refractivity contribution in [1.82, 2.24) is 0 Å². The Bertz CT molecular complexity index is 1210. The lowest BCUT2D eigenvalue weighted by Gasteiger charge is -2.16. The van der Waals surface area contributed by atoms with Gasteiger partial charge in [0.25, 0.3) is 17.5 Å². The molecule has 8 heteroatoms. The summed E-state index contributed by atoms with van der Waals surface area (Å²) in [4.78, 5) is 38.5. The summed E-state index contributed by atoms with van der Waals surface area (Å²) in [6.45, 7) is 0. The number of hydrogen-bond acceptors (Lipinski definition) is 5. The molecular formula is C23H15ClN2O4S. The van der Waals surface area contributed by atoms with Crippen LogP contribution in [0, 0.1) is 10.1 Å². The Morgan fingerprint density at radius 3 is 2.16 bits per heavy atom. The lowest BCUT2D eigenvalue weighted by molar-refractivity contribution is -0.384. The van der Waals surface area contributed by atoms with E-state index in [0.717, 1.165) is 10.5 Å². The van der Waals surface area contributed by atoms with Crippen LogP contribution in [0.2, 0.25) is 5.02 Å². The maximum Gasteiger partial charge on any atom is 0.272 e. The fraction of sp³-hybridized carbons (Fsp3) is 0.0435. The molecule has 1 aliphatic rings. The van der Waals surface area contributed by atoms with Crippen LogP contribution < -0.4 is 4.90 Å². The third kappa shape index (κ3) is 4.10. The van der Waals surface area contributed by atoms with Crippen molar-refractivity contribution in [2.45, 2.75) is 5.75 Å². The molecule has 6 nitrogen and oxygen atoms in total. The highest BCUT2D eigenvalue weighted by Gasteiger charge is 2.41. The highest BCUT2D eigenvalue weighted by Crippen LogP contribution is 2.41. The molecule has 1 heterocycles. The highest BCUT2D eigenvalue weighted by atomic mass is 35.5. The van der Waals surface area contributed by atoms with Crippen molar-refractivity contribution in [3.05, 3.63) is 110 Å². The molecule has 4 rings (SSSR count). The first-order valence-corrected chi connectivity index (χ1v) is 10.6. The van der Waals surface area contributed by atoms with Crippen molar-refractivity contribution in [2.75, 3.05) is 4.90 Å². The van der Waals surface area contributed by atoms with Crippen LogP contribution in [0.4, 0.5) is 11.4 Å².